The van der Waals surface area contributed by atoms with Gasteiger partial charge in [-0.05, 0) is 49.7 Å². The van der Waals surface area contributed by atoms with Gasteiger partial charge in [-0.15, -0.1) is 10.2 Å². The Labute approximate surface area is 150 Å². The lowest BCUT2D eigenvalue weighted by atomic mass is 10.2. The predicted molar refractivity (Wildman–Crippen MR) is 96.0 cm³/mol. The molecule has 6 nitrogen and oxygen atoms in total. The Morgan fingerprint density at radius 3 is 2.96 bits per heavy atom. The monoisotopic (exact) mass is 358 g/mol. The number of carbonyl (C=O) groups excluding carboxylic acids is 1. The van der Waals surface area contributed by atoms with E-state index in [1.54, 1.807) is 25.1 Å². The van der Waals surface area contributed by atoms with Crippen molar-refractivity contribution in [1.82, 2.24) is 19.9 Å². The number of benzene rings is 1. The highest BCUT2D eigenvalue weighted by atomic mass is 35.5. The number of carbonyl (C=O) groups is 1. The molecule has 2 aromatic heterocycles. The molecule has 2 heterocycles. The van der Waals surface area contributed by atoms with E-state index in [1.165, 1.54) is 0 Å². The van der Waals surface area contributed by atoms with Crippen LogP contribution in [0.2, 0.25) is 5.02 Å². The van der Waals surface area contributed by atoms with Gasteiger partial charge in [0.05, 0.1) is 0 Å². The zero-order valence-corrected chi connectivity index (χ0v) is 14.8. The van der Waals surface area contributed by atoms with Gasteiger partial charge in [0.1, 0.15) is 11.6 Å². The molecule has 3 aromatic rings. The molecular weight excluding hydrogens is 340 g/mol. The highest BCUT2D eigenvalue weighted by Gasteiger charge is 2.15. The van der Waals surface area contributed by atoms with E-state index in [9.17, 15) is 4.79 Å². The molecule has 130 valence electrons. The van der Waals surface area contributed by atoms with Gasteiger partial charge >= 0.3 is 0 Å². The second-order valence-electron chi connectivity index (χ2n) is 5.76. The molecular formula is C18H19ClN4O2. The summed E-state index contributed by atoms with van der Waals surface area (Å²) < 4.78 is 7.62. The number of amides is 1. The maximum atomic E-state index is 12.2. The molecule has 0 aliphatic carbocycles. The van der Waals surface area contributed by atoms with Crippen LogP contribution < -0.4 is 10.1 Å². The molecule has 0 bridgehead atoms. The van der Waals surface area contributed by atoms with Gasteiger partial charge in [0.15, 0.2) is 11.8 Å². The van der Waals surface area contributed by atoms with Crippen molar-refractivity contribution in [2.24, 2.45) is 0 Å². The maximum Gasteiger partial charge on any atom is 0.260 e. The summed E-state index contributed by atoms with van der Waals surface area (Å²) in [6.45, 7) is 4.07. The van der Waals surface area contributed by atoms with Gasteiger partial charge < -0.3 is 10.1 Å². The zero-order chi connectivity index (χ0) is 17.8. The lowest BCUT2D eigenvalue weighted by Gasteiger charge is -2.16. The fourth-order valence-electron chi connectivity index (χ4n) is 2.49. The first-order chi connectivity index (χ1) is 12.0. The number of aryl methyl sites for hydroxylation is 1. The largest absolute Gasteiger partial charge is 0.481 e. The topological polar surface area (TPSA) is 68.5 Å². The molecule has 1 aromatic carbocycles. The molecule has 0 aliphatic rings. The van der Waals surface area contributed by atoms with Gasteiger partial charge in [0.2, 0.25) is 0 Å². The number of nitrogens with one attached hydrogen (secondary N) is 1. The smallest absolute Gasteiger partial charge is 0.260 e. The molecule has 0 spiro atoms. The van der Waals surface area contributed by atoms with Crippen molar-refractivity contribution in [1.29, 1.82) is 0 Å². The van der Waals surface area contributed by atoms with Crippen molar-refractivity contribution >= 4 is 23.2 Å². The van der Waals surface area contributed by atoms with E-state index >= 15 is 0 Å². The van der Waals surface area contributed by atoms with Crippen LogP contribution in [-0.4, -0.2) is 33.2 Å². The van der Waals surface area contributed by atoms with Crippen molar-refractivity contribution in [3.63, 3.8) is 0 Å². The van der Waals surface area contributed by atoms with Gasteiger partial charge in [0.25, 0.3) is 5.91 Å². The maximum absolute atomic E-state index is 12.2. The van der Waals surface area contributed by atoms with Crippen LogP contribution in [0.25, 0.3) is 5.65 Å². The van der Waals surface area contributed by atoms with Gasteiger partial charge in [-0.3, -0.25) is 9.20 Å². The number of hydrogen-bond acceptors (Lipinski definition) is 4. The first-order valence-electron chi connectivity index (χ1n) is 8.04. The van der Waals surface area contributed by atoms with Gasteiger partial charge in [-0.2, -0.15) is 0 Å². The molecule has 0 aliphatic heterocycles. The third-order valence-corrected chi connectivity index (χ3v) is 4.08. The second-order valence-corrected chi connectivity index (χ2v) is 6.19. The summed E-state index contributed by atoms with van der Waals surface area (Å²) in [6.07, 6.45) is 1.89. The second kappa shape index (κ2) is 7.53. The summed E-state index contributed by atoms with van der Waals surface area (Å²) in [6, 6.07) is 11.0. The van der Waals surface area contributed by atoms with E-state index in [2.05, 4.69) is 15.5 Å². The molecule has 1 atom stereocenters. The summed E-state index contributed by atoms with van der Waals surface area (Å²) >= 11 is 5.93. The van der Waals surface area contributed by atoms with Crippen LogP contribution in [0.3, 0.4) is 0 Å². The SMILES string of the molecule is Cc1cc(Cl)ccc1O[C@H](C)C(=O)NCCc1nnc2ccccn12. The molecule has 0 radical (unpaired) electrons. The van der Waals surface area contributed by atoms with E-state index in [4.69, 9.17) is 16.3 Å². The van der Waals surface area contributed by atoms with Crippen LogP contribution in [0.1, 0.15) is 18.3 Å². The van der Waals surface area contributed by atoms with Crippen molar-refractivity contribution < 1.29 is 9.53 Å². The van der Waals surface area contributed by atoms with Crippen molar-refractivity contribution in [2.75, 3.05) is 6.54 Å². The lowest BCUT2D eigenvalue weighted by molar-refractivity contribution is -0.127. The fourth-order valence-corrected chi connectivity index (χ4v) is 2.72. The van der Waals surface area contributed by atoms with Crippen molar-refractivity contribution in [2.45, 2.75) is 26.4 Å². The Balaban J connectivity index is 1.53. The molecule has 3 rings (SSSR count). The lowest BCUT2D eigenvalue weighted by Crippen LogP contribution is -2.37. The minimum absolute atomic E-state index is 0.178. The fraction of sp³-hybridized carbons (Fsp3) is 0.278. The Hall–Kier alpha value is -2.60. The molecule has 1 amide bonds. The molecule has 7 heteroatoms. The molecule has 0 saturated heterocycles. The van der Waals surface area contributed by atoms with E-state index in [0.29, 0.717) is 23.7 Å². The van der Waals surface area contributed by atoms with Crippen molar-refractivity contribution in [3.8, 4) is 5.75 Å². The Bertz CT molecular complexity index is 894. The number of rotatable bonds is 6. The number of halogens is 1. The van der Waals surface area contributed by atoms with Gasteiger partial charge in [0, 0.05) is 24.2 Å². The summed E-state index contributed by atoms with van der Waals surface area (Å²) in [5, 5.41) is 11.7. The minimum atomic E-state index is -0.602. The van der Waals surface area contributed by atoms with E-state index < -0.39 is 6.10 Å². The average molecular weight is 359 g/mol. The van der Waals surface area contributed by atoms with E-state index in [-0.39, 0.29) is 5.91 Å². The Morgan fingerprint density at radius 1 is 1.32 bits per heavy atom. The van der Waals surface area contributed by atoms with Crippen LogP contribution in [-0.2, 0) is 11.2 Å². The van der Waals surface area contributed by atoms with E-state index in [0.717, 1.165) is 17.0 Å². The van der Waals surface area contributed by atoms with Crippen LogP contribution in [0.15, 0.2) is 42.6 Å². The number of nitrogens with zero attached hydrogens (tertiary/aromatic N) is 3. The molecule has 1 N–H and O–H groups in total. The molecule has 25 heavy (non-hydrogen) atoms. The highest BCUT2D eigenvalue weighted by Crippen LogP contribution is 2.22. The summed E-state index contributed by atoms with van der Waals surface area (Å²) in [5.74, 6) is 1.27. The van der Waals surface area contributed by atoms with Crippen LogP contribution in [0.5, 0.6) is 5.75 Å². The Morgan fingerprint density at radius 2 is 2.16 bits per heavy atom. The third-order valence-electron chi connectivity index (χ3n) is 3.84. The predicted octanol–water partition coefficient (Wildman–Crippen LogP) is 2.82. The summed E-state index contributed by atoms with van der Waals surface area (Å²) in [7, 11) is 0. The first kappa shape index (κ1) is 17.2. The van der Waals surface area contributed by atoms with Crippen LogP contribution >= 0.6 is 11.6 Å². The van der Waals surface area contributed by atoms with E-state index in [1.807, 2.05) is 35.7 Å². The number of ether oxygens (including phenoxy) is 1. The van der Waals surface area contributed by atoms with Crippen LogP contribution in [0.4, 0.5) is 0 Å². The molecule has 0 unspecified atom stereocenters. The average Bonchev–Trinajstić information content (AvgIpc) is 3.00. The quantitative estimate of drug-likeness (QED) is 0.735. The summed E-state index contributed by atoms with van der Waals surface area (Å²) in [5.41, 5.74) is 1.68. The molecule has 0 fully saturated rings. The first-order valence-corrected chi connectivity index (χ1v) is 8.41. The molecule has 0 saturated carbocycles. The third kappa shape index (κ3) is 4.09. The summed E-state index contributed by atoms with van der Waals surface area (Å²) in [4.78, 5) is 12.2. The van der Waals surface area contributed by atoms with Crippen LogP contribution in [0, 0.1) is 6.92 Å². The van der Waals surface area contributed by atoms with Crippen molar-refractivity contribution in [3.05, 3.63) is 59.0 Å². The number of fused-ring (bicyclic) bond motifs is 1. The van der Waals surface area contributed by atoms with Gasteiger partial charge in [-0.1, -0.05) is 17.7 Å². The normalized spacial score (nSPS) is 12.1. The van der Waals surface area contributed by atoms with Gasteiger partial charge in [-0.25, -0.2) is 0 Å². The number of hydrogen-bond donors (Lipinski definition) is 1. The highest BCUT2D eigenvalue weighted by molar-refractivity contribution is 6.30. The number of aromatic nitrogens is 3. The zero-order valence-electron chi connectivity index (χ0n) is 14.1. The Kier molecular flexibility index (Phi) is 5.19. The standard InChI is InChI=1S/C18H19ClN4O2/c1-12-11-14(19)6-7-15(12)25-13(2)18(24)20-9-8-17-22-21-16-5-3-4-10-23(16)17/h3-7,10-11,13H,8-9H2,1-2H3,(H,20,24)/t13-/m1/s1. The number of pyridine rings is 1. The minimum Gasteiger partial charge on any atom is -0.481 e.